The summed E-state index contributed by atoms with van der Waals surface area (Å²) in [6, 6.07) is 4.20. The standard InChI is InChI=1S/C15H23FN2O/c1-10(9-15(2,3)4)7-14(19)18-11-5-6-12(16)13(17)8-11/h5-6,8,10H,7,9,17H2,1-4H3,(H,18,19). The lowest BCUT2D eigenvalue weighted by molar-refractivity contribution is -0.117. The number of benzene rings is 1. The number of amides is 1. The summed E-state index contributed by atoms with van der Waals surface area (Å²) < 4.78 is 13.0. The Hall–Kier alpha value is -1.58. The molecule has 3 N–H and O–H groups in total. The molecule has 19 heavy (non-hydrogen) atoms. The van der Waals surface area contributed by atoms with E-state index in [1.54, 1.807) is 0 Å². The molecule has 4 heteroatoms. The molecule has 0 aliphatic carbocycles. The summed E-state index contributed by atoms with van der Waals surface area (Å²) in [6.07, 6.45) is 1.43. The number of carbonyl (C=O) groups excluding carboxylic acids is 1. The summed E-state index contributed by atoms with van der Waals surface area (Å²) >= 11 is 0. The van der Waals surface area contributed by atoms with Crippen LogP contribution in [0.5, 0.6) is 0 Å². The predicted molar refractivity (Wildman–Crippen MR) is 77.3 cm³/mol. The van der Waals surface area contributed by atoms with E-state index in [1.165, 1.54) is 18.2 Å². The van der Waals surface area contributed by atoms with Crippen LogP contribution in [-0.4, -0.2) is 5.91 Å². The molecule has 0 fully saturated rings. The number of nitrogens with one attached hydrogen (secondary N) is 1. The Labute approximate surface area is 114 Å². The van der Waals surface area contributed by atoms with Crippen molar-refractivity contribution >= 4 is 17.3 Å². The molecule has 1 amide bonds. The first-order valence-electron chi connectivity index (χ1n) is 6.52. The van der Waals surface area contributed by atoms with Crippen LogP contribution in [0.15, 0.2) is 18.2 Å². The van der Waals surface area contributed by atoms with Gasteiger partial charge < -0.3 is 11.1 Å². The molecule has 1 aromatic rings. The minimum atomic E-state index is -0.473. The van der Waals surface area contributed by atoms with Crippen LogP contribution in [0.4, 0.5) is 15.8 Å². The number of hydrogen-bond donors (Lipinski definition) is 2. The maximum atomic E-state index is 13.0. The van der Waals surface area contributed by atoms with Gasteiger partial charge in [0.25, 0.3) is 0 Å². The molecule has 3 nitrogen and oxygen atoms in total. The summed E-state index contributed by atoms with van der Waals surface area (Å²) in [7, 11) is 0. The molecule has 0 radical (unpaired) electrons. The van der Waals surface area contributed by atoms with Gasteiger partial charge in [0, 0.05) is 12.1 Å². The normalized spacial score (nSPS) is 13.1. The van der Waals surface area contributed by atoms with Gasteiger partial charge in [-0.2, -0.15) is 0 Å². The van der Waals surface area contributed by atoms with Gasteiger partial charge in [-0.1, -0.05) is 27.7 Å². The van der Waals surface area contributed by atoms with Crippen LogP contribution < -0.4 is 11.1 Å². The van der Waals surface area contributed by atoms with E-state index in [-0.39, 0.29) is 17.0 Å². The minimum absolute atomic E-state index is 0.0422. The number of halogens is 1. The second-order valence-electron chi connectivity index (χ2n) is 6.36. The van der Waals surface area contributed by atoms with Gasteiger partial charge >= 0.3 is 0 Å². The number of carbonyl (C=O) groups is 1. The Morgan fingerprint density at radius 2 is 2.05 bits per heavy atom. The van der Waals surface area contributed by atoms with Crippen LogP contribution in [0.1, 0.15) is 40.5 Å². The lowest BCUT2D eigenvalue weighted by atomic mass is 9.84. The summed E-state index contributed by atoms with van der Waals surface area (Å²) in [5, 5.41) is 2.74. The monoisotopic (exact) mass is 266 g/mol. The van der Waals surface area contributed by atoms with Crippen molar-refractivity contribution < 1.29 is 9.18 Å². The average molecular weight is 266 g/mol. The predicted octanol–water partition coefficient (Wildman–Crippen LogP) is 3.81. The third-order valence-corrected chi connectivity index (χ3v) is 2.77. The summed E-state index contributed by atoms with van der Waals surface area (Å²) in [4.78, 5) is 11.9. The maximum absolute atomic E-state index is 13.0. The fourth-order valence-electron chi connectivity index (χ4n) is 2.27. The van der Waals surface area contributed by atoms with Crippen LogP contribution in [0.3, 0.4) is 0 Å². The zero-order valence-corrected chi connectivity index (χ0v) is 12.1. The lowest BCUT2D eigenvalue weighted by Gasteiger charge is -2.22. The number of anilines is 2. The van der Waals surface area contributed by atoms with Crippen molar-refractivity contribution in [1.82, 2.24) is 0 Å². The quantitative estimate of drug-likeness (QED) is 0.814. The molecule has 0 aliphatic rings. The van der Waals surface area contributed by atoms with E-state index < -0.39 is 5.82 Å². The zero-order valence-electron chi connectivity index (χ0n) is 12.1. The van der Waals surface area contributed by atoms with Gasteiger partial charge in [-0.3, -0.25) is 4.79 Å². The largest absolute Gasteiger partial charge is 0.396 e. The number of rotatable bonds is 4. The smallest absolute Gasteiger partial charge is 0.224 e. The van der Waals surface area contributed by atoms with Crippen LogP contribution in [-0.2, 0) is 4.79 Å². The molecule has 1 unspecified atom stereocenters. The Kier molecular flexibility index (Phi) is 4.92. The molecule has 1 rings (SSSR count). The fraction of sp³-hybridized carbons (Fsp3) is 0.533. The molecule has 0 spiro atoms. The Morgan fingerprint density at radius 1 is 1.42 bits per heavy atom. The van der Waals surface area contributed by atoms with Crippen molar-refractivity contribution in [1.29, 1.82) is 0 Å². The summed E-state index contributed by atoms with van der Waals surface area (Å²) in [6.45, 7) is 8.52. The number of nitrogen functional groups attached to an aromatic ring is 1. The van der Waals surface area contributed by atoms with E-state index in [2.05, 4.69) is 33.0 Å². The van der Waals surface area contributed by atoms with E-state index in [9.17, 15) is 9.18 Å². The fourth-order valence-corrected chi connectivity index (χ4v) is 2.27. The van der Waals surface area contributed by atoms with Crippen molar-refractivity contribution in [2.24, 2.45) is 11.3 Å². The lowest BCUT2D eigenvalue weighted by Crippen LogP contribution is -2.19. The van der Waals surface area contributed by atoms with Crippen LogP contribution >= 0.6 is 0 Å². The Morgan fingerprint density at radius 3 is 2.58 bits per heavy atom. The summed E-state index contributed by atoms with van der Waals surface area (Å²) in [5.41, 5.74) is 6.24. The van der Waals surface area contributed by atoms with Gasteiger partial charge in [-0.05, 0) is 36.0 Å². The second-order valence-corrected chi connectivity index (χ2v) is 6.36. The first-order chi connectivity index (χ1) is 8.67. The minimum Gasteiger partial charge on any atom is -0.396 e. The van der Waals surface area contributed by atoms with Gasteiger partial charge in [0.1, 0.15) is 5.82 Å². The van der Waals surface area contributed by atoms with Gasteiger partial charge in [0.2, 0.25) is 5.91 Å². The molecule has 0 bridgehead atoms. The van der Waals surface area contributed by atoms with Crippen LogP contribution in [0.25, 0.3) is 0 Å². The molecule has 0 saturated carbocycles. The molecule has 1 atom stereocenters. The molecular weight excluding hydrogens is 243 g/mol. The van der Waals surface area contributed by atoms with Gasteiger partial charge in [0.05, 0.1) is 5.69 Å². The van der Waals surface area contributed by atoms with E-state index in [4.69, 9.17) is 5.73 Å². The molecule has 0 heterocycles. The van der Waals surface area contributed by atoms with Gasteiger partial charge in [-0.25, -0.2) is 4.39 Å². The van der Waals surface area contributed by atoms with E-state index in [1.807, 2.05) is 0 Å². The van der Waals surface area contributed by atoms with Crippen molar-refractivity contribution in [3.8, 4) is 0 Å². The first kappa shape index (κ1) is 15.5. The maximum Gasteiger partial charge on any atom is 0.224 e. The molecule has 0 aliphatic heterocycles. The van der Waals surface area contributed by atoms with E-state index >= 15 is 0 Å². The van der Waals surface area contributed by atoms with E-state index in [0.29, 0.717) is 18.0 Å². The highest BCUT2D eigenvalue weighted by Crippen LogP contribution is 2.26. The van der Waals surface area contributed by atoms with Crippen molar-refractivity contribution in [2.45, 2.75) is 40.5 Å². The van der Waals surface area contributed by atoms with Crippen molar-refractivity contribution in [3.05, 3.63) is 24.0 Å². The molecule has 0 aromatic heterocycles. The highest BCUT2D eigenvalue weighted by molar-refractivity contribution is 5.91. The summed E-state index contributed by atoms with van der Waals surface area (Å²) in [5.74, 6) is -0.236. The SMILES string of the molecule is CC(CC(=O)Nc1ccc(F)c(N)c1)CC(C)(C)C. The topological polar surface area (TPSA) is 55.1 Å². The average Bonchev–Trinajstić information content (AvgIpc) is 2.20. The highest BCUT2D eigenvalue weighted by Gasteiger charge is 2.17. The molecular formula is C15H23FN2O. The van der Waals surface area contributed by atoms with Crippen LogP contribution in [0, 0.1) is 17.2 Å². The van der Waals surface area contributed by atoms with Gasteiger partial charge in [0.15, 0.2) is 0 Å². The molecule has 1 aromatic carbocycles. The third-order valence-electron chi connectivity index (χ3n) is 2.77. The van der Waals surface area contributed by atoms with Crippen molar-refractivity contribution in [3.63, 3.8) is 0 Å². The number of nitrogens with two attached hydrogens (primary N) is 1. The van der Waals surface area contributed by atoms with E-state index in [0.717, 1.165) is 6.42 Å². The second kappa shape index (κ2) is 6.04. The van der Waals surface area contributed by atoms with Crippen LogP contribution in [0.2, 0.25) is 0 Å². The first-order valence-corrected chi connectivity index (χ1v) is 6.52. The number of hydrogen-bond acceptors (Lipinski definition) is 2. The highest BCUT2D eigenvalue weighted by atomic mass is 19.1. The zero-order chi connectivity index (χ0) is 14.6. The molecule has 0 saturated heterocycles. The van der Waals surface area contributed by atoms with Gasteiger partial charge in [-0.15, -0.1) is 0 Å². The van der Waals surface area contributed by atoms with Crippen molar-refractivity contribution in [2.75, 3.05) is 11.1 Å². The Bertz CT molecular complexity index is 452. The Balaban J connectivity index is 2.53. The third kappa shape index (κ3) is 5.73. The molecule has 106 valence electrons.